The number of amides is 1. The van der Waals surface area contributed by atoms with Crippen molar-refractivity contribution in [3.63, 3.8) is 0 Å². The quantitative estimate of drug-likeness (QED) is 0.674. The molecule has 1 atom stereocenters. The molecule has 0 saturated carbocycles. The summed E-state index contributed by atoms with van der Waals surface area (Å²) >= 11 is 0. The van der Waals surface area contributed by atoms with Crippen LogP contribution in [0.1, 0.15) is 40.1 Å². The molecule has 0 saturated heterocycles. The highest BCUT2D eigenvalue weighted by Gasteiger charge is 2.10. The van der Waals surface area contributed by atoms with E-state index in [-0.39, 0.29) is 11.9 Å². The van der Waals surface area contributed by atoms with E-state index in [9.17, 15) is 4.79 Å². The highest BCUT2D eigenvalue weighted by atomic mass is 16.1. The molecule has 132 valence electrons. The van der Waals surface area contributed by atoms with Crippen LogP contribution in [-0.2, 0) is 0 Å². The Kier molecular flexibility index (Phi) is 5.32. The molecule has 3 rings (SSSR count). The monoisotopic (exact) mass is 345 g/mol. The van der Waals surface area contributed by atoms with Crippen LogP contribution >= 0.6 is 0 Å². The van der Waals surface area contributed by atoms with E-state index in [1.165, 1.54) is 5.56 Å². The van der Waals surface area contributed by atoms with Crippen LogP contribution in [0.25, 0.3) is 0 Å². The van der Waals surface area contributed by atoms with Gasteiger partial charge in [-0.05, 0) is 55.7 Å². The minimum atomic E-state index is -0.207. The zero-order valence-corrected chi connectivity index (χ0v) is 15.3. The predicted molar refractivity (Wildman–Crippen MR) is 107 cm³/mol. The van der Waals surface area contributed by atoms with Gasteiger partial charge in [0.05, 0.1) is 11.9 Å². The molecular weight excluding hydrogens is 322 g/mol. The average molecular weight is 345 g/mol. The molecular formula is C22H23N3O. The fourth-order valence-corrected chi connectivity index (χ4v) is 2.75. The molecule has 0 aliphatic rings. The second-order valence-corrected chi connectivity index (χ2v) is 6.48. The first-order valence-electron chi connectivity index (χ1n) is 8.69. The standard InChI is InChI=1S/C22H23N3O/c1-15-9-10-16(2)21(13-15)25-22(26)20-12-11-19(14-23-20)24-17(3)18-7-5-4-6-8-18/h4-14,17,24H,1-3H3,(H,25,26). The van der Waals surface area contributed by atoms with Gasteiger partial charge in [0.2, 0.25) is 0 Å². The van der Waals surface area contributed by atoms with Crippen molar-refractivity contribution in [3.05, 3.63) is 89.2 Å². The molecule has 0 spiro atoms. The van der Waals surface area contributed by atoms with Gasteiger partial charge in [-0.25, -0.2) is 4.98 Å². The fourth-order valence-electron chi connectivity index (χ4n) is 2.75. The molecule has 0 bridgehead atoms. The van der Waals surface area contributed by atoms with Gasteiger partial charge >= 0.3 is 0 Å². The third-order valence-electron chi connectivity index (χ3n) is 4.32. The highest BCUT2D eigenvalue weighted by Crippen LogP contribution is 2.20. The zero-order chi connectivity index (χ0) is 18.5. The lowest BCUT2D eigenvalue weighted by Gasteiger charge is -2.15. The number of nitrogens with zero attached hydrogens (tertiary/aromatic N) is 1. The number of aromatic nitrogens is 1. The maximum Gasteiger partial charge on any atom is 0.274 e. The Bertz CT molecular complexity index is 889. The van der Waals surface area contributed by atoms with Crippen molar-refractivity contribution in [2.75, 3.05) is 10.6 Å². The van der Waals surface area contributed by atoms with Gasteiger partial charge in [-0.15, -0.1) is 0 Å². The summed E-state index contributed by atoms with van der Waals surface area (Å²) < 4.78 is 0. The van der Waals surface area contributed by atoms with E-state index in [1.807, 2.05) is 56.3 Å². The summed E-state index contributed by atoms with van der Waals surface area (Å²) in [6.45, 7) is 6.07. The second-order valence-electron chi connectivity index (χ2n) is 6.48. The molecule has 2 aromatic carbocycles. The maximum atomic E-state index is 12.4. The van der Waals surface area contributed by atoms with Gasteiger partial charge in [0.25, 0.3) is 5.91 Å². The number of pyridine rings is 1. The molecule has 1 heterocycles. The summed E-state index contributed by atoms with van der Waals surface area (Å²) in [5.41, 5.74) is 5.42. The van der Waals surface area contributed by atoms with Crippen molar-refractivity contribution in [1.29, 1.82) is 0 Å². The summed E-state index contributed by atoms with van der Waals surface area (Å²) in [6, 6.07) is 20.0. The van der Waals surface area contributed by atoms with Crippen LogP contribution in [0.15, 0.2) is 66.9 Å². The number of carbonyl (C=O) groups excluding carboxylic acids is 1. The van der Waals surface area contributed by atoms with E-state index in [0.29, 0.717) is 5.69 Å². The third kappa shape index (κ3) is 4.28. The van der Waals surface area contributed by atoms with Gasteiger partial charge in [-0.3, -0.25) is 4.79 Å². The average Bonchev–Trinajstić information content (AvgIpc) is 2.66. The Morgan fingerprint density at radius 2 is 1.77 bits per heavy atom. The molecule has 0 aliphatic heterocycles. The Balaban J connectivity index is 1.67. The third-order valence-corrected chi connectivity index (χ3v) is 4.32. The van der Waals surface area contributed by atoms with E-state index in [4.69, 9.17) is 0 Å². The molecule has 3 aromatic rings. The van der Waals surface area contributed by atoms with Crippen molar-refractivity contribution in [2.45, 2.75) is 26.8 Å². The zero-order valence-electron chi connectivity index (χ0n) is 15.3. The van der Waals surface area contributed by atoms with E-state index in [2.05, 4.69) is 34.7 Å². The van der Waals surface area contributed by atoms with Crippen molar-refractivity contribution in [2.24, 2.45) is 0 Å². The Hall–Kier alpha value is -3.14. The van der Waals surface area contributed by atoms with Crippen molar-refractivity contribution in [1.82, 2.24) is 4.98 Å². The van der Waals surface area contributed by atoms with Crippen LogP contribution in [0.4, 0.5) is 11.4 Å². The number of aryl methyl sites for hydroxylation is 2. The molecule has 26 heavy (non-hydrogen) atoms. The number of anilines is 2. The van der Waals surface area contributed by atoms with Crippen molar-refractivity contribution >= 4 is 17.3 Å². The second kappa shape index (κ2) is 7.83. The molecule has 1 amide bonds. The first-order valence-corrected chi connectivity index (χ1v) is 8.69. The minimum absolute atomic E-state index is 0.160. The van der Waals surface area contributed by atoms with E-state index in [0.717, 1.165) is 22.5 Å². The summed E-state index contributed by atoms with van der Waals surface area (Å²) in [6.07, 6.45) is 1.69. The first kappa shape index (κ1) is 17.7. The number of carbonyl (C=O) groups is 1. The Labute approximate surface area is 154 Å². The normalized spacial score (nSPS) is 11.7. The van der Waals surface area contributed by atoms with Crippen LogP contribution in [-0.4, -0.2) is 10.9 Å². The van der Waals surface area contributed by atoms with Crippen LogP contribution in [0.5, 0.6) is 0 Å². The van der Waals surface area contributed by atoms with Gasteiger partial charge < -0.3 is 10.6 Å². The van der Waals surface area contributed by atoms with Crippen LogP contribution in [0, 0.1) is 13.8 Å². The molecule has 0 radical (unpaired) electrons. The first-order chi connectivity index (χ1) is 12.5. The number of rotatable bonds is 5. The minimum Gasteiger partial charge on any atom is -0.377 e. The molecule has 0 aliphatic carbocycles. The van der Waals surface area contributed by atoms with Gasteiger partial charge in [-0.1, -0.05) is 42.5 Å². The molecule has 0 fully saturated rings. The highest BCUT2D eigenvalue weighted by molar-refractivity contribution is 6.03. The Morgan fingerprint density at radius 3 is 2.46 bits per heavy atom. The predicted octanol–water partition coefficient (Wildman–Crippen LogP) is 5.12. The summed E-state index contributed by atoms with van der Waals surface area (Å²) in [5.74, 6) is -0.207. The molecule has 2 N–H and O–H groups in total. The summed E-state index contributed by atoms with van der Waals surface area (Å²) in [4.78, 5) is 16.7. The van der Waals surface area contributed by atoms with Gasteiger partial charge in [0.15, 0.2) is 0 Å². The Morgan fingerprint density at radius 1 is 1.00 bits per heavy atom. The van der Waals surface area contributed by atoms with Crippen LogP contribution in [0.3, 0.4) is 0 Å². The maximum absolute atomic E-state index is 12.4. The van der Waals surface area contributed by atoms with Gasteiger partial charge in [0.1, 0.15) is 5.69 Å². The van der Waals surface area contributed by atoms with Crippen LogP contribution in [0.2, 0.25) is 0 Å². The number of nitrogens with one attached hydrogen (secondary N) is 2. The lowest BCUT2D eigenvalue weighted by atomic mass is 10.1. The summed E-state index contributed by atoms with van der Waals surface area (Å²) in [7, 11) is 0. The number of hydrogen-bond donors (Lipinski definition) is 2. The lowest BCUT2D eigenvalue weighted by Crippen LogP contribution is -2.15. The van der Waals surface area contributed by atoms with E-state index >= 15 is 0 Å². The van der Waals surface area contributed by atoms with Crippen LogP contribution < -0.4 is 10.6 Å². The fraction of sp³-hybridized carbons (Fsp3) is 0.182. The SMILES string of the molecule is Cc1ccc(C)c(NC(=O)c2ccc(NC(C)c3ccccc3)cn2)c1. The van der Waals surface area contributed by atoms with Crippen molar-refractivity contribution in [3.8, 4) is 0 Å². The van der Waals surface area contributed by atoms with Gasteiger partial charge in [-0.2, -0.15) is 0 Å². The molecule has 4 nitrogen and oxygen atoms in total. The lowest BCUT2D eigenvalue weighted by molar-refractivity contribution is 0.102. The largest absolute Gasteiger partial charge is 0.377 e. The molecule has 4 heteroatoms. The topological polar surface area (TPSA) is 54.0 Å². The number of hydrogen-bond acceptors (Lipinski definition) is 3. The number of benzene rings is 2. The van der Waals surface area contributed by atoms with E-state index in [1.54, 1.807) is 12.3 Å². The smallest absolute Gasteiger partial charge is 0.274 e. The van der Waals surface area contributed by atoms with Crippen molar-refractivity contribution < 1.29 is 4.79 Å². The summed E-state index contributed by atoms with van der Waals surface area (Å²) in [5, 5.41) is 6.33. The molecule has 1 unspecified atom stereocenters. The molecule has 1 aromatic heterocycles. The van der Waals surface area contributed by atoms with E-state index < -0.39 is 0 Å². The van der Waals surface area contributed by atoms with Gasteiger partial charge in [0, 0.05) is 11.7 Å².